The smallest absolute Gasteiger partial charge is 0.222 e. The Bertz CT molecular complexity index is 3200. The van der Waals surface area contributed by atoms with Crippen LogP contribution in [0.4, 0.5) is 11.6 Å². The topological polar surface area (TPSA) is 119 Å². The van der Waals surface area contributed by atoms with Gasteiger partial charge in [0.25, 0.3) is 0 Å². The average molecular weight is 1050 g/mol. The molecule has 9 rings (SSSR count). The van der Waals surface area contributed by atoms with Crippen molar-refractivity contribution in [3.63, 3.8) is 0 Å². The number of pyridine rings is 3. The molecule has 16 heteroatoms. The minimum Gasteiger partial charge on any atom is -1.00 e. The van der Waals surface area contributed by atoms with E-state index in [9.17, 15) is 13.0 Å². The Labute approximate surface area is 426 Å². The molecule has 12 nitrogen and oxygen atoms in total. The molecule has 0 saturated carbocycles. The first kappa shape index (κ1) is 53.0. The van der Waals surface area contributed by atoms with Gasteiger partial charge in [0.15, 0.2) is 17.4 Å². The summed E-state index contributed by atoms with van der Waals surface area (Å²) in [4.78, 5) is 18.9. The quantitative estimate of drug-likeness (QED) is 0.0520. The summed E-state index contributed by atoms with van der Waals surface area (Å²) in [6.45, 7) is 6.10. The van der Waals surface area contributed by atoms with Gasteiger partial charge in [-0.1, -0.05) is 71.4 Å². The van der Waals surface area contributed by atoms with E-state index in [1.165, 1.54) is 48.0 Å². The molecule has 0 atom stereocenters. The fourth-order valence-corrected chi connectivity index (χ4v) is 9.43. The Morgan fingerprint density at radius 2 is 1.48 bits per heavy atom. The molecule has 6 heterocycles. The molecule has 0 unspecified atom stereocenters. The number of oxazole rings is 1. The van der Waals surface area contributed by atoms with Gasteiger partial charge in [-0.3, -0.25) is 4.98 Å². The zero-order chi connectivity index (χ0) is 48.6. The van der Waals surface area contributed by atoms with Crippen molar-refractivity contribution in [3.05, 3.63) is 160 Å². The molecule has 362 valence electrons. The van der Waals surface area contributed by atoms with Gasteiger partial charge in [-0.15, -0.1) is 0 Å². The third-order valence-corrected chi connectivity index (χ3v) is 13.5. The Morgan fingerprint density at radius 3 is 2.20 bits per heavy atom. The number of allylic oxidation sites excluding steroid dienone is 1. The van der Waals surface area contributed by atoms with Crippen molar-refractivity contribution in [3.8, 4) is 0 Å². The molecule has 0 bridgehead atoms. The molecule has 2 aliphatic rings. The van der Waals surface area contributed by atoms with Gasteiger partial charge >= 0.3 is 0 Å². The minimum absolute atomic E-state index is 0. The van der Waals surface area contributed by atoms with E-state index in [-0.39, 0.29) is 21.9 Å². The first-order valence-electron chi connectivity index (χ1n) is 22.6. The molecule has 69 heavy (non-hydrogen) atoms. The Kier molecular flexibility index (Phi) is 17.7. The zero-order valence-electron chi connectivity index (χ0n) is 40.5. The fraction of sp³-hybridized carbons (Fsp3) is 0.283. The third kappa shape index (κ3) is 14.6. The van der Waals surface area contributed by atoms with Gasteiger partial charge in [0.05, 0.1) is 81.1 Å². The third-order valence-electron chi connectivity index (χ3n) is 11.3. The number of nitrogens with zero attached hydrogens (tertiary/aromatic N) is 8. The molecule has 0 saturated heterocycles. The van der Waals surface area contributed by atoms with E-state index < -0.39 is 10.1 Å². The van der Waals surface area contributed by atoms with Crippen molar-refractivity contribution < 1.29 is 47.9 Å². The predicted molar refractivity (Wildman–Crippen MR) is 276 cm³/mol. The van der Waals surface area contributed by atoms with E-state index in [1.807, 2.05) is 74.8 Å². The highest BCUT2D eigenvalue weighted by Crippen LogP contribution is 2.45. The van der Waals surface area contributed by atoms with Crippen LogP contribution in [0.2, 0.25) is 5.15 Å². The molecular weight excluding hydrogens is 992 g/mol. The van der Waals surface area contributed by atoms with Gasteiger partial charge in [-0.2, -0.15) is 9.55 Å². The Balaban J connectivity index is 0.000000185. The van der Waals surface area contributed by atoms with E-state index in [1.54, 1.807) is 23.9 Å². The Morgan fingerprint density at radius 1 is 0.797 bits per heavy atom. The predicted octanol–water partition coefficient (Wildman–Crippen LogP) is 5.37. The molecule has 0 fully saturated rings. The highest BCUT2D eigenvalue weighted by atomic mass is 79.9. The van der Waals surface area contributed by atoms with Gasteiger partial charge < -0.3 is 44.7 Å². The highest BCUT2D eigenvalue weighted by molar-refractivity contribution is 8.03. The van der Waals surface area contributed by atoms with Crippen LogP contribution in [0.5, 0.6) is 0 Å². The van der Waals surface area contributed by atoms with E-state index in [2.05, 4.69) is 121 Å². The van der Waals surface area contributed by atoms with E-state index >= 15 is 0 Å². The summed E-state index contributed by atoms with van der Waals surface area (Å²) in [5.41, 5.74) is 6.89. The monoisotopic (exact) mass is 1050 g/mol. The number of halogens is 2. The molecule has 3 aromatic carbocycles. The molecule has 0 N–H and O–H groups in total. The van der Waals surface area contributed by atoms with E-state index in [4.69, 9.17) is 21.0 Å². The van der Waals surface area contributed by atoms with Crippen LogP contribution in [-0.4, -0.2) is 106 Å². The highest BCUT2D eigenvalue weighted by Gasteiger charge is 2.25. The lowest BCUT2D eigenvalue weighted by molar-refractivity contribution is -0.870. The summed E-state index contributed by atoms with van der Waals surface area (Å²) in [7, 11) is 11.2. The van der Waals surface area contributed by atoms with Crippen molar-refractivity contribution in [2.45, 2.75) is 42.5 Å². The number of para-hydroxylation sites is 2. The van der Waals surface area contributed by atoms with Crippen molar-refractivity contribution in [1.29, 1.82) is 0 Å². The number of aryl methyl sites for hydroxylation is 2. The second kappa shape index (κ2) is 23.0. The molecule has 0 amide bonds. The normalized spacial score (nSPS) is 14.1. The molecule has 0 radical (unpaired) electrons. The largest absolute Gasteiger partial charge is 1.00 e. The van der Waals surface area contributed by atoms with Crippen LogP contribution >= 0.6 is 23.4 Å². The number of aromatic nitrogens is 4. The number of rotatable bonds is 12. The lowest BCUT2D eigenvalue weighted by Gasteiger charge is -2.26. The number of unbranched alkanes of at least 4 members (excludes halogenated alkanes) is 1. The van der Waals surface area contributed by atoms with Crippen LogP contribution in [-0.2, 0) is 16.7 Å². The number of hydrogen-bond acceptors (Lipinski definition) is 10. The van der Waals surface area contributed by atoms with Crippen molar-refractivity contribution in [2.75, 3.05) is 78.8 Å². The number of anilines is 2. The van der Waals surface area contributed by atoms with Crippen LogP contribution in [0, 0.1) is 6.92 Å². The maximum atomic E-state index is 10.4. The van der Waals surface area contributed by atoms with E-state index in [0.717, 1.165) is 84.0 Å². The van der Waals surface area contributed by atoms with Gasteiger partial charge in [0.2, 0.25) is 11.1 Å². The summed E-state index contributed by atoms with van der Waals surface area (Å²) in [5, 5.41) is 4.05. The summed E-state index contributed by atoms with van der Waals surface area (Å²) in [5.74, 6) is 1.81. The summed E-state index contributed by atoms with van der Waals surface area (Å²) in [6.07, 6.45) is 17.9. The lowest BCUT2D eigenvalue weighted by atomic mass is 10.1. The van der Waals surface area contributed by atoms with Crippen molar-refractivity contribution in [2.24, 2.45) is 0 Å². The molecule has 2 aliphatic heterocycles. The molecule has 0 spiro atoms. The SMILES string of the molecule is CN1C(=Cc2cc[n+](CCCC[N+](C)(C)C)c3ccccc23)Sc2ccc(Cl)nc21.C[N+](C)(C)CCCN1C=CC=c2oc(=Cc3ccnc4ccccc34)nc21.Cc1ccc(S(=O)(=O)[O-])cc1.[Br-]. The van der Waals surface area contributed by atoms with Crippen LogP contribution in [0.1, 0.15) is 36.0 Å². The maximum absolute atomic E-state index is 10.4. The van der Waals surface area contributed by atoms with Gasteiger partial charge in [-0.25, -0.2) is 13.4 Å². The van der Waals surface area contributed by atoms with Crippen molar-refractivity contribution in [1.82, 2.24) is 15.0 Å². The first-order chi connectivity index (χ1) is 32.3. The molecule has 7 aromatic rings. The fourth-order valence-electron chi connectivity index (χ4n) is 7.77. The number of quaternary nitrogens is 2. The molecular formula is C53H61BrClN8O4S2+. The number of benzene rings is 3. The number of fused-ring (bicyclic) bond motifs is 4. The maximum Gasteiger partial charge on any atom is 0.222 e. The van der Waals surface area contributed by atoms with Crippen LogP contribution in [0.15, 0.2) is 141 Å². The number of hydrogen-bond donors (Lipinski definition) is 0. The van der Waals surface area contributed by atoms with Gasteiger partial charge in [0, 0.05) is 68.8 Å². The zero-order valence-corrected chi connectivity index (χ0v) is 44.5. The van der Waals surface area contributed by atoms with Gasteiger partial charge in [-0.05, 0) is 78.7 Å². The van der Waals surface area contributed by atoms with Crippen LogP contribution < -0.4 is 42.3 Å². The van der Waals surface area contributed by atoms with Gasteiger partial charge in [0.1, 0.15) is 27.6 Å². The standard InChI is InChI=1S/C24H29ClN4S.C22H25N4O.C7H8O3S.BrH/c1-27-23(30-21-11-12-22(25)26-24(21)27)17-18-13-15-28(14-7-8-16-29(2,3)4)20-10-6-5-9-19(18)20;1-26(2,3)15-7-14-25-13-6-10-20-22(25)24-21(27-20)16-17-11-12-23-19-9-5-4-8-18(17)19;1-6-2-4-7(5-3-6)11(8,9)10;/h5-6,9-13,15,17H,7-8,14,16H2,1-4H3;4-6,8-13,16H,7,14-15H2,1-3H3;2-5H,1H3,(H,8,9,10);1H/q+2;+1;;/p-2. The van der Waals surface area contributed by atoms with Crippen LogP contribution in [0.3, 0.4) is 0 Å². The summed E-state index contributed by atoms with van der Waals surface area (Å²) in [6, 6.07) is 30.7. The first-order valence-corrected chi connectivity index (χ1v) is 25.2. The summed E-state index contributed by atoms with van der Waals surface area (Å²) < 4.78 is 41.5. The summed E-state index contributed by atoms with van der Waals surface area (Å²) >= 11 is 7.84. The minimum atomic E-state index is -4.27. The van der Waals surface area contributed by atoms with Crippen LogP contribution in [0.25, 0.3) is 40.0 Å². The number of thioether (sulfide) groups is 1. The second-order valence-corrected chi connectivity index (χ2v) is 21.8. The average Bonchev–Trinajstić information content (AvgIpc) is 3.85. The van der Waals surface area contributed by atoms with Crippen molar-refractivity contribution >= 4 is 85.2 Å². The molecule has 0 aliphatic carbocycles. The second-order valence-electron chi connectivity index (χ2n) is 18.9. The van der Waals surface area contributed by atoms with E-state index in [0.29, 0.717) is 10.7 Å². The Hall–Kier alpha value is -5.39. The lowest BCUT2D eigenvalue weighted by Crippen LogP contribution is -3.00. The molecule has 4 aromatic heterocycles.